The van der Waals surface area contributed by atoms with Gasteiger partial charge in [-0.2, -0.15) is 0 Å². The standard InChI is InChI=1S/C38H62O4/c1-14-35(6,7)27-22-29(33(41-20-18-39)31(24-27)37(10,11)16-3)26(5)30-23-28(36(8,9)15-2)25-32(38(12,13)17-4)34(30)42-21-19-40/h22-26,39-40H,14-21H2,1-13H3. The number of rotatable bonds is 16. The van der Waals surface area contributed by atoms with Crippen molar-refractivity contribution >= 4 is 0 Å². The second kappa shape index (κ2) is 14.2. The van der Waals surface area contributed by atoms with Crippen molar-refractivity contribution in [3.63, 3.8) is 0 Å². The molecule has 0 fully saturated rings. The highest BCUT2D eigenvalue weighted by Crippen LogP contribution is 2.49. The lowest BCUT2D eigenvalue weighted by Crippen LogP contribution is -2.25. The number of hydrogen-bond acceptors (Lipinski definition) is 4. The van der Waals surface area contributed by atoms with Gasteiger partial charge in [0.15, 0.2) is 0 Å². The fourth-order valence-corrected chi connectivity index (χ4v) is 5.31. The summed E-state index contributed by atoms with van der Waals surface area (Å²) in [5, 5.41) is 19.7. The summed E-state index contributed by atoms with van der Waals surface area (Å²) in [5.41, 5.74) is 6.98. The first-order valence-electron chi connectivity index (χ1n) is 16.3. The van der Waals surface area contributed by atoms with E-state index >= 15 is 0 Å². The minimum Gasteiger partial charge on any atom is -0.491 e. The van der Waals surface area contributed by atoms with E-state index in [9.17, 15) is 10.2 Å². The van der Waals surface area contributed by atoms with Crippen molar-refractivity contribution in [1.29, 1.82) is 0 Å². The van der Waals surface area contributed by atoms with Crippen molar-refractivity contribution in [2.24, 2.45) is 0 Å². The number of benzene rings is 2. The Bertz CT molecular complexity index is 1080. The van der Waals surface area contributed by atoms with Gasteiger partial charge in [0.2, 0.25) is 0 Å². The summed E-state index contributed by atoms with van der Waals surface area (Å²) in [6, 6.07) is 9.38. The maximum absolute atomic E-state index is 9.83. The van der Waals surface area contributed by atoms with Crippen LogP contribution < -0.4 is 9.47 Å². The Balaban J connectivity index is 3.13. The lowest BCUT2D eigenvalue weighted by atomic mass is 9.71. The molecule has 2 aromatic carbocycles. The third-order valence-electron chi connectivity index (χ3n) is 10.4. The zero-order chi connectivity index (χ0) is 32.1. The molecule has 2 N–H and O–H groups in total. The normalized spacial score (nSPS) is 13.1. The van der Waals surface area contributed by atoms with Crippen LogP contribution in [-0.2, 0) is 21.7 Å². The smallest absolute Gasteiger partial charge is 0.126 e. The van der Waals surface area contributed by atoms with Gasteiger partial charge in [0.05, 0.1) is 13.2 Å². The highest BCUT2D eigenvalue weighted by molar-refractivity contribution is 5.58. The highest BCUT2D eigenvalue weighted by atomic mass is 16.5. The Morgan fingerprint density at radius 3 is 1.12 bits per heavy atom. The maximum atomic E-state index is 9.83. The quantitative estimate of drug-likeness (QED) is 0.207. The monoisotopic (exact) mass is 582 g/mol. The van der Waals surface area contributed by atoms with Crippen LogP contribution in [0.25, 0.3) is 0 Å². The van der Waals surface area contributed by atoms with Crippen LogP contribution >= 0.6 is 0 Å². The summed E-state index contributed by atoms with van der Waals surface area (Å²) in [7, 11) is 0. The lowest BCUT2D eigenvalue weighted by molar-refractivity contribution is 0.195. The number of hydrogen-bond donors (Lipinski definition) is 2. The molecule has 0 atom stereocenters. The second-order valence-electron chi connectivity index (χ2n) is 14.7. The van der Waals surface area contributed by atoms with E-state index in [0.29, 0.717) is 0 Å². The highest BCUT2D eigenvalue weighted by Gasteiger charge is 2.34. The van der Waals surface area contributed by atoms with E-state index in [1.54, 1.807) is 0 Å². The van der Waals surface area contributed by atoms with Crippen molar-refractivity contribution in [1.82, 2.24) is 0 Å². The van der Waals surface area contributed by atoms with Crippen LogP contribution in [0.1, 0.15) is 155 Å². The van der Waals surface area contributed by atoms with E-state index < -0.39 is 0 Å². The zero-order valence-corrected chi connectivity index (χ0v) is 29.3. The molecule has 4 heteroatoms. The maximum Gasteiger partial charge on any atom is 0.126 e. The largest absolute Gasteiger partial charge is 0.491 e. The van der Waals surface area contributed by atoms with Gasteiger partial charge in [0, 0.05) is 28.2 Å². The minimum atomic E-state index is -0.114. The molecule has 0 heterocycles. The van der Waals surface area contributed by atoms with Crippen molar-refractivity contribution in [3.8, 4) is 11.5 Å². The molecule has 2 rings (SSSR count). The fourth-order valence-electron chi connectivity index (χ4n) is 5.31. The van der Waals surface area contributed by atoms with E-state index in [0.717, 1.165) is 48.3 Å². The molecule has 0 spiro atoms. The van der Waals surface area contributed by atoms with Crippen LogP contribution in [0.15, 0.2) is 24.3 Å². The lowest BCUT2D eigenvalue weighted by Gasteiger charge is -2.35. The van der Waals surface area contributed by atoms with Crippen LogP contribution in [0, 0.1) is 0 Å². The number of aliphatic hydroxyl groups excluding tert-OH is 2. The third-order valence-corrected chi connectivity index (χ3v) is 10.4. The van der Waals surface area contributed by atoms with Gasteiger partial charge in [-0.3, -0.25) is 0 Å². The molecular weight excluding hydrogens is 520 g/mol. The van der Waals surface area contributed by atoms with E-state index in [4.69, 9.17) is 9.47 Å². The minimum absolute atomic E-state index is 0.0137. The SMILES string of the molecule is CCC(C)(C)c1cc(C(C)c2cc(C(C)(C)CC)cc(C(C)(C)CC)c2OCCO)c(OCCO)c(C(C)(C)CC)c1. The number of aliphatic hydroxyl groups is 2. The fraction of sp³-hybridized carbons (Fsp3) is 0.684. The molecular formula is C38H62O4. The zero-order valence-electron chi connectivity index (χ0n) is 29.3. The van der Waals surface area contributed by atoms with Gasteiger partial charge in [0.1, 0.15) is 24.7 Å². The Kier molecular flexibility index (Phi) is 12.2. The van der Waals surface area contributed by atoms with Gasteiger partial charge >= 0.3 is 0 Å². The van der Waals surface area contributed by atoms with Gasteiger partial charge in [-0.1, -0.05) is 114 Å². The second-order valence-corrected chi connectivity index (χ2v) is 14.7. The van der Waals surface area contributed by atoms with Gasteiger partial charge in [-0.25, -0.2) is 0 Å². The molecule has 0 unspecified atom stereocenters. The first kappa shape index (κ1) is 36.2. The van der Waals surface area contributed by atoms with Gasteiger partial charge in [0.25, 0.3) is 0 Å². The van der Waals surface area contributed by atoms with E-state index in [-0.39, 0.29) is 54.0 Å². The average molecular weight is 583 g/mol. The van der Waals surface area contributed by atoms with Crippen molar-refractivity contribution in [2.75, 3.05) is 26.4 Å². The van der Waals surface area contributed by atoms with Gasteiger partial charge in [-0.05, 0) is 58.5 Å². The van der Waals surface area contributed by atoms with E-state index in [2.05, 4.69) is 114 Å². The number of ether oxygens (including phenoxy) is 2. The van der Waals surface area contributed by atoms with Crippen LogP contribution in [0.4, 0.5) is 0 Å². The van der Waals surface area contributed by atoms with Crippen LogP contribution in [0.2, 0.25) is 0 Å². The summed E-state index contributed by atoms with van der Waals surface area (Å²) in [5.74, 6) is 1.71. The molecule has 0 saturated heterocycles. The Morgan fingerprint density at radius 1 is 0.548 bits per heavy atom. The molecule has 0 aliphatic heterocycles. The van der Waals surface area contributed by atoms with Gasteiger partial charge < -0.3 is 19.7 Å². The Hall–Kier alpha value is -2.04. The Labute approximate surface area is 258 Å². The van der Waals surface area contributed by atoms with Crippen molar-refractivity contribution in [2.45, 2.75) is 143 Å². The molecule has 0 radical (unpaired) electrons. The molecule has 0 aromatic heterocycles. The molecule has 0 amide bonds. The molecule has 0 aliphatic carbocycles. The topological polar surface area (TPSA) is 58.9 Å². The van der Waals surface area contributed by atoms with Crippen molar-refractivity contribution < 1.29 is 19.7 Å². The summed E-state index contributed by atoms with van der Waals surface area (Å²) < 4.78 is 13.0. The molecule has 238 valence electrons. The molecule has 0 aliphatic rings. The molecule has 2 aromatic rings. The predicted octanol–water partition coefficient (Wildman–Crippen LogP) is 9.33. The van der Waals surface area contributed by atoms with Crippen LogP contribution in [-0.4, -0.2) is 36.6 Å². The summed E-state index contributed by atoms with van der Waals surface area (Å²) >= 11 is 0. The van der Waals surface area contributed by atoms with Crippen molar-refractivity contribution in [3.05, 3.63) is 57.6 Å². The van der Waals surface area contributed by atoms with E-state index in [1.807, 2.05) is 0 Å². The molecule has 42 heavy (non-hydrogen) atoms. The van der Waals surface area contributed by atoms with Crippen LogP contribution in [0.3, 0.4) is 0 Å². The predicted molar refractivity (Wildman–Crippen MR) is 179 cm³/mol. The molecule has 0 bridgehead atoms. The molecule has 0 saturated carbocycles. The summed E-state index contributed by atoms with van der Waals surface area (Å²) in [4.78, 5) is 0. The van der Waals surface area contributed by atoms with Crippen LogP contribution in [0.5, 0.6) is 11.5 Å². The summed E-state index contributed by atoms with van der Waals surface area (Å²) in [6.07, 6.45) is 3.96. The van der Waals surface area contributed by atoms with E-state index in [1.165, 1.54) is 22.3 Å². The summed E-state index contributed by atoms with van der Waals surface area (Å²) in [6.45, 7) is 30.0. The Morgan fingerprint density at radius 2 is 0.857 bits per heavy atom. The third kappa shape index (κ3) is 7.72. The first-order chi connectivity index (χ1) is 19.5. The average Bonchev–Trinajstić information content (AvgIpc) is 2.97. The van der Waals surface area contributed by atoms with Gasteiger partial charge in [-0.15, -0.1) is 0 Å². The first-order valence-corrected chi connectivity index (χ1v) is 16.3. The molecule has 4 nitrogen and oxygen atoms in total.